The first kappa shape index (κ1) is 11.0. The third-order valence-corrected chi connectivity index (χ3v) is 1.83. The third-order valence-electron chi connectivity index (χ3n) is 1.83. The van der Waals surface area contributed by atoms with Crippen LogP contribution >= 0.6 is 0 Å². The first-order valence-electron chi connectivity index (χ1n) is 3.94. The number of nitrogens with two attached hydrogens (primary N) is 1. The Morgan fingerprint density at radius 3 is 2.29 bits per heavy atom. The Balaban J connectivity index is 3.16. The Bertz CT molecular complexity index is 308. The molecule has 0 spiro atoms. The van der Waals surface area contributed by atoms with Gasteiger partial charge in [0.1, 0.15) is 6.67 Å². The van der Waals surface area contributed by atoms with Gasteiger partial charge in [0, 0.05) is 0 Å². The van der Waals surface area contributed by atoms with Crippen molar-refractivity contribution in [2.75, 3.05) is 6.67 Å². The van der Waals surface area contributed by atoms with Gasteiger partial charge in [-0.05, 0) is 11.6 Å². The SMILES string of the molecule is N[C@@H](CF)c1ccccc1C(F)(F)F. The molecule has 0 saturated carbocycles. The van der Waals surface area contributed by atoms with E-state index in [1.807, 2.05) is 0 Å². The maximum atomic E-state index is 12.4. The molecule has 1 nitrogen and oxygen atoms in total. The highest BCUT2D eigenvalue weighted by molar-refractivity contribution is 5.32. The summed E-state index contributed by atoms with van der Waals surface area (Å²) in [6, 6.07) is 3.52. The Morgan fingerprint density at radius 1 is 1.21 bits per heavy atom. The van der Waals surface area contributed by atoms with Crippen LogP contribution < -0.4 is 5.73 Å². The van der Waals surface area contributed by atoms with E-state index in [1.54, 1.807) is 0 Å². The number of rotatable bonds is 2. The van der Waals surface area contributed by atoms with Crippen molar-refractivity contribution in [2.24, 2.45) is 5.73 Å². The van der Waals surface area contributed by atoms with Gasteiger partial charge in [-0.3, -0.25) is 0 Å². The molecule has 2 N–H and O–H groups in total. The molecule has 1 aromatic carbocycles. The van der Waals surface area contributed by atoms with E-state index in [1.165, 1.54) is 18.2 Å². The van der Waals surface area contributed by atoms with Crippen molar-refractivity contribution in [3.63, 3.8) is 0 Å². The van der Waals surface area contributed by atoms with Crippen LogP contribution in [0.2, 0.25) is 0 Å². The highest BCUT2D eigenvalue weighted by atomic mass is 19.4. The topological polar surface area (TPSA) is 26.0 Å². The molecule has 0 aromatic heterocycles. The molecule has 0 amide bonds. The molecule has 0 aliphatic carbocycles. The van der Waals surface area contributed by atoms with Crippen molar-refractivity contribution in [1.82, 2.24) is 0 Å². The van der Waals surface area contributed by atoms with Gasteiger partial charge in [-0.1, -0.05) is 18.2 Å². The molecule has 0 aliphatic heterocycles. The minimum Gasteiger partial charge on any atom is -0.322 e. The molecule has 78 valence electrons. The zero-order chi connectivity index (χ0) is 10.8. The summed E-state index contributed by atoms with van der Waals surface area (Å²) in [6.45, 7) is -1.01. The van der Waals surface area contributed by atoms with Crippen molar-refractivity contribution < 1.29 is 17.6 Å². The van der Waals surface area contributed by atoms with Crippen molar-refractivity contribution >= 4 is 0 Å². The summed E-state index contributed by atoms with van der Waals surface area (Å²) in [5.41, 5.74) is 4.14. The fourth-order valence-corrected chi connectivity index (χ4v) is 1.16. The average molecular weight is 207 g/mol. The minimum atomic E-state index is -4.48. The van der Waals surface area contributed by atoms with Crippen LogP contribution in [0.15, 0.2) is 24.3 Å². The zero-order valence-corrected chi connectivity index (χ0v) is 7.18. The molecule has 14 heavy (non-hydrogen) atoms. The van der Waals surface area contributed by atoms with Gasteiger partial charge in [0.05, 0.1) is 11.6 Å². The van der Waals surface area contributed by atoms with Gasteiger partial charge in [-0.15, -0.1) is 0 Å². The second-order valence-corrected chi connectivity index (χ2v) is 2.85. The van der Waals surface area contributed by atoms with Gasteiger partial charge in [-0.25, -0.2) is 4.39 Å². The Hall–Kier alpha value is -1.10. The number of alkyl halides is 4. The van der Waals surface area contributed by atoms with Gasteiger partial charge >= 0.3 is 6.18 Å². The summed E-state index contributed by atoms with van der Waals surface area (Å²) in [5, 5.41) is 0. The molecular formula is C9H9F4N. The van der Waals surface area contributed by atoms with Crippen molar-refractivity contribution in [3.05, 3.63) is 35.4 Å². The molecule has 0 aliphatic rings. The number of benzene rings is 1. The summed E-state index contributed by atoms with van der Waals surface area (Å²) in [5.74, 6) is 0. The van der Waals surface area contributed by atoms with E-state index >= 15 is 0 Å². The van der Waals surface area contributed by atoms with E-state index in [0.717, 1.165) is 6.07 Å². The predicted molar refractivity (Wildman–Crippen MR) is 44.3 cm³/mol. The fraction of sp³-hybridized carbons (Fsp3) is 0.333. The summed E-state index contributed by atoms with van der Waals surface area (Å²) in [4.78, 5) is 0. The van der Waals surface area contributed by atoms with Gasteiger partial charge in [0.25, 0.3) is 0 Å². The monoisotopic (exact) mass is 207 g/mol. The van der Waals surface area contributed by atoms with Crippen LogP contribution in [0.1, 0.15) is 17.2 Å². The van der Waals surface area contributed by atoms with Gasteiger partial charge in [0.2, 0.25) is 0 Å². The Kier molecular flexibility index (Phi) is 3.10. The first-order chi connectivity index (χ1) is 6.46. The van der Waals surface area contributed by atoms with E-state index < -0.39 is 24.5 Å². The molecule has 0 unspecified atom stereocenters. The molecule has 0 bridgehead atoms. The van der Waals surface area contributed by atoms with Gasteiger partial charge in [-0.2, -0.15) is 13.2 Å². The second kappa shape index (κ2) is 3.96. The molecule has 0 radical (unpaired) electrons. The van der Waals surface area contributed by atoms with Gasteiger partial charge in [0.15, 0.2) is 0 Å². The summed E-state index contributed by atoms with van der Waals surface area (Å²) < 4.78 is 49.2. The Labute approximate surface area is 78.5 Å². The lowest BCUT2D eigenvalue weighted by Crippen LogP contribution is -2.18. The van der Waals surface area contributed by atoms with E-state index in [2.05, 4.69) is 0 Å². The van der Waals surface area contributed by atoms with Crippen LogP contribution in [0, 0.1) is 0 Å². The van der Waals surface area contributed by atoms with Crippen molar-refractivity contribution in [3.8, 4) is 0 Å². The van der Waals surface area contributed by atoms with Crippen LogP contribution in [-0.2, 0) is 6.18 Å². The van der Waals surface area contributed by atoms with Crippen molar-refractivity contribution in [1.29, 1.82) is 0 Å². The molecule has 1 aromatic rings. The molecule has 5 heteroatoms. The molecular weight excluding hydrogens is 198 g/mol. The predicted octanol–water partition coefficient (Wildman–Crippen LogP) is 2.67. The first-order valence-corrected chi connectivity index (χ1v) is 3.94. The van der Waals surface area contributed by atoms with E-state index in [9.17, 15) is 17.6 Å². The molecule has 0 saturated heterocycles. The minimum absolute atomic E-state index is 0.206. The Morgan fingerprint density at radius 2 is 1.79 bits per heavy atom. The highest BCUT2D eigenvalue weighted by Gasteiger charge is 2.34. The second-order valence-electron chi connectivity index (χ2n) is 2.85. The summed E-state index contributed by atoms with van der Waals surface area (Å²) in [7, 11) is 0. The third kappa shape index (κ3) is 2.23. The van der Waals surface area contributed by atoms with Crippen LogP contribution in [0.25, 0.3) is 0 Å². The zero-order valence-electron chi connectivity index (χ0n) is 7.18. The quantitative estimate of drug-likeness (QED) is 0.741. The van der Waals surface area contributed by atoms with E-state index in [0.29, 0.717) is 0 Å². The number of hydrogen-bond donors (Lipinski definition) is 1. The van der Waals surface area contributed by atoms with E-state index in [-0.39, 0.29) is 5.56 Å². The smallest absolute Gasteiger partial charge is 0.322 e. The largest absolute Gasteiger partial charge is 0.416 e. The standard InChI is InChI=1S/C9H9F4N/c10-5-8(14)6-3-1-2-4-7(6)9(11,12)13/h1-4,8H,5,14H2/t8-/m0/s1. The number of hydrogen-bond acceptors (Lipinski definition) is 1. The fourth-order valence-electron chi connectivity index (χ4n) is 1.16. The van der Waals surface area contributed by atoms with Crippen LogP contribution in [0.5, 0.6) is 0 Å². The van der Waals surface area contributed by atoms with Crippen molar-refractivity contribution in [2.45, 2.75) is 12.2 Å². The lowest BCUT2D eigenvalue weighted by atomic mass is 10.0. The van der Waals surface area contributed by atoms with Gasteiger partial charge < -0.3 is 5.73 Å². The van der Waals surface area contributed by atoms with Crippen LogP contribution in [-0.4, -0.2) is 6.67 Å². The van der Waals surface area contributed by atoms with Crippen LogP contribution in [0.3, 0.4) is 0 Å². The summed E-state index contributed by atoms with van der Waals surface area (Å²) in [6.07, 6.45) is -4.48. The number of halogens is 4. The molecule has 0 fully saturated rings. The highest BCUT2D eigenvalue weighted by Crippen LogP contribution is 2.33. The molecule has 0 heterocycles. The van der Waals surface area contributed by atoms with E-state index in [4.69, 9.17) is 5.73 Å². The average Bonchev–Trinajstić information content (AvgIpc) is 2.15. The normalized spacial score (nSPS) is 14.1. The maximum Gasteiger partial charge on any atom is 0.416 e. The lowest BCUT2D eigenvalue weighted by Gasteiger charge is -2.15. The summed E-state index contributed by atoms with van der Waals surface area (Å²) >= 11 is 0. The maximum absolute atomic E-state index is 12.4. The van der Waals surface area contributed by atoms with Crippen LogP contribution in [0.4, 0.5) is 17.6 Å². The lowest BCUT2D eigenvalue weighted by molar-refractivity contribution is -0.138. The molecule has 1 rings (SSSR count). The molecule has 1 atom stereocenters.